The molecule has 0 aromatic heterocycles. The number of hydrogen-bond acceptors (Lipinski definition) is 1. The fourth-order valence-electron chi connectivity index (χ4n) is 1.24. The monoisotopic (exact) mass is 187 g/mol. The molecular formula is C11H25NO. The maximum absolute atomic E-state index is 3.77. The molecule has 0 spiro atoms. The minimum atomic E-state index is 0. The number of unbranched alkanes of at least 4 members (excludes halogenated alkanes) is 2. The summed E-state index contributed by atoms with van der Waals surface area (Å²) in [5, 5.41) is 0. The lowest BCUT2D eigenvalue weighted by Gasteiger charge is -2.19. The zero-order valence-corrected chi connectivity index (χ0v) is 9.18. The lowest BCUT2D eigenvalue weighted by Crippen LogP contribution is -2.25. The standard InChI is InChI=1S/C11H23N.H2O/c1-4-7-10-12(9-6-3)11-8-5-2;/h6H,3-5,7-11H2,1-2H3;1H2. The van der Waals surface area contributed by atoms with Crippen LogP contribution in [0.25, 0.3) is 0 Å². The van der Waals surface area contributed by atoms with Crippen LogP contribution in [-0.2, 0) is 0 Å². The summed E-state index contributed by atoms with van der Waals surface area (Å²) in [6.45, 7) is 11.8. The molecule has 0 bridgehead atoms. The lowest BCUT2D eigenvalue weighted by molar-refractivity contribution is 0.292. The topological polar surface area (TPSA) is 34.7 Å². The summed E-state index contributed by atoms with van der Waals surface area (Å²) >= 11 is 0. The highest BCUT2D eigenvalue weighted by atomic mass is 16.0. The van der Waals surface area contributed by atoms with Gasteiger partial charge in [-0.15, -0.1) is 6.58 Å². The smallest absolute Gasteiger partial charge is 0.0160 e. The molecule has 0 rings (SSSR count). The van der Waals surface area contributed by atoms with Crippen molar-refractivity contribution in [1.29, 1.82) is 0 Å². The van der Waals surface area contributed by atoms with E-state index in [-0.39, 0.29) is 5.48 Å². The fraction of sp³-hybridized carbons (Fsp3) is 0.818. The van der Waals surface area contributed by atoms with Crippen LogP contribution in [0.4, 0.5) is 0 Å². The average Bonchev–Trinajstić information content (AvgIpc) is 2.10. The minimum absolute atomic E-state index is 0. The van der Waals surface area contributed by atoms with Crippen LogP contribution in [0.3, 0.4) is 0 Å². The van der Waals surface area contributed by atoms with Crippen molar-refractivity contribution in [2.24, 2.45) is 0 Å². The SMILES string of the molecule is C=CCN(CCCC)CCCC.O. The van der Waals surface area contributed by atoms with Crippen molar-refractivity contribution in [3.8, 4) is 0 Å². The van der Waals surface area contributed by atoms with Gasteiger partial charge in [0.05, 0.1) is 0 Å². The summed E-state index contributed by atoms with van der Waals surface area (Å²) < 4.78 is 0. The molecular weight excluding hydrogens is 162 g/mol. The van der Waals surface area contributed by atoms with Gasteiger partial charge in [0, 0.05) is 6.54 Å². The van der Waals surface area contributed by atoms with Gasteiger partial charge in [-0.3, -0.25) is 4.90 Å². The van der Waals surface area contributed by atoms with Crippen LogP contribution in [0.5, 0.6) is 0 Å². The van der Waals surface area contributed by atoms with E-state index in [1.54, 1.807) is 0 Å². The molecule has 0 unspecified atom stereocenters. The van der Waals surface area contributed by atoms with Gasteiger partial charge < -0.3 is 5.48 Å². The zero-order chi connectivity index (χ0) is 9.23. The molecule has 13 heavy (non-hydrogen) atoms. The van der Waals surface area contributed by atoms with E-state index in [2.05, 4.69) is 25.3 Å². The van der Waals surface area contributed by atoms with E-state index < -0.39 is 0 Å². The summed E-state index contributed by atoms with van der Waals surface area (Å²) in [5.41, 5.74) is 0. The molecule has 2 heteroatoms. The second-order valence-corrected chi connectivity index (χ2v) is 3.30. The van der Waals surface area contributed by atoms with Gasteiger partial charge in [0.2, 0.25) is 0 Å². The molecule has 0 heterocycles. The van der Waals surface area contributed by atoms with E-state index in [4.69, 9.17) is 0 Å². The first-order valence-electron chi connectivity index (χ1n) is 5.18. The number of rotatable bonds is 8. The Bertz CT molecular complexity index is 96.3. The van der Waals surface area contributed by atoms with Gasteiger partial charge in [-0.2, -0.15) is 0 Å². The van der Waals surface area contributed by atoms with Crippen LogP contribution in [0, 0.1) is 0 Å². The van der Waals surface area contributed by atoms with E-state index in [1.807, 2.05) is 6.08 Å². The van der Waals surface area contributed by atoms with E-state index in [0.717, 1.165) is 6.54 Å². The molecule has 2 nitrogen and oxygen atoms in total. The van der Waals surface area contributed by atoms with Crippen LogP contribution in [0.1, 0.15) is 39.5 Å². The third-order valence-electron chi connectivity index (χ3n) is 2.04. The van der Waals surface area contributed by atoms with Crippen molar-refractivity contribution < 1.29 is 5.48 Å². The normalized spacial score (nSPS) is 9.77. The summed E-state index contributed by atoms with van der Waals surface area (Å²) in [5.74, 6) is 0. The molecule has 0 saturated carbocycles. The maximum atomic E-state index is 3.77. The first-order chi connectivity index (χ1) is 5.85. The average molecular weight is 187 g/mol. The van der Waals surface area contributed by atoms with E-state index in [1.165, 1.54) is 38.8 Å². The van der Waals surface area contributed by atoms with Crippen molar-refractivity contribution in [2.45, 2.75) is 39.5 Å². The van der Waals surface area contributed by atoms with Crippen LogP contribution >= 0.6 is 0 Å². The molecule has 80 valence electrons. The fourth-order valence-corrected chi connectivity index (χ4v) is 1.24. The van der Waals surface area contributed by atoms with Gasteiger partial charge in [0.25, 0.3) is 0 Å². The van der Waals surface area contributed by atoms with E-state index in [9.17, 15) is 0 Å². The van der Waals surface area contributed by atoms with Crippen molar-refractivity contribution >= 4 is 0 Å². The van der Waals surface area contributed by atoms with Gasteiger partial charge >= 0.3 is 0 Å². The van der Waals surface area contributed by atoms with Gasteiger partial charge in [0.15, 0.2) is 0 Å². The third-order valence-corrected chi connectivity index (χ3v) is 2.04. The maximum Gasteiger partial charge on any atom is 0.0160 e. The van der Waals surface area contributed by atoms with Crippen molar-refractivity contribution in [3.05, 3.63) is 12.7 Å². The number of hydrogen-bond donors (Lipinski definition) is 0. The van der Waals surface area contributed by atoms with Crippen LogP contribution < -0.4 is 0 Å². The molecule has 0 amide bonds. The first kappa shape index (κ1) is 15.1. The zero-order valence-electron chi connectivity index (χ0n) is 9.18. The Morgan fingerprint density at radius 2 is 1.54 bits per heavy atom. The molecule has 0 fully saturated rings. The van der Waals surface area contributed by atoms with Crippen molar-refractivity contribution in [3.63, 3.8) is 0 Å². The lowest BCUT2D eigenvalue weighted by atomic mass is 10.2. The van der Waals surface area contributed by atoms with Crippen LogP contribution in [0.15, 0.2) is 12.7 Å². The first-order valence-corrected chi connectivity index (χ1v) is 5.18. The van der Waals surface area contributed by atoms with E-state index in [0.29, 0.717) is 0 Å². The Morgan fingerprint density at radius 3 is 1.85 bits per heavy atom. The van der Waals surface area contributed by atoms with Gasteiger partial charge in [0.1, 0.15) is 0 Å². The molecule has 0 aliphatic heterocycles. The minimum Gasteiger partial charge on any atom is -0.412 e. The second kappa shape index (κ2) is 11.7. The highest BCUT2D eigenvalue weighted by molar-refractivity contribution is 4.73. The van der Waals surface area contributed by atoms with Gasteiger partial charge in [-0.05, 0) is 25.9 Å². The Balaban J connectivity index is 0. The number of nitrogens with zero attached hydrogens (tertiary/aromatic N) is 1. The van der Waals surface area contributed by atoms with Gasteiger partial charge in [-0.25, -0.2) is 0 Å². The summed E-state index contributed by atoms with van der Waals surface area (Å²) in [6, 6.07) is 0. The van der Waals surface area contributed by atoms with Crippen molar-refractivity contribution in [1.82, 2.24) is 4.90 Å². The van der Waals surface area contributed by atoms with E-state index >= 15 is 0 Å². The molecule has 0 aromatic rings. The summed E-state index contributed by atoms with van der Waals surface area (Å²) in [6.07, 6.45) is 7.22. The Labute approximate surface area is 82.9 Å². The van der Waals surface area contributed by atoms with Gasteiger partial charge in [-0.1, -0.05) is 32.8 Å². The molecule has 0 aromatic carbocycles. The Hall–Kier alpha value is -0.340. The third kappa shape index (κ3) is 9.57. The van der Waals surface area contributed by atoms with Crippen molar-refractivity contribution in [2.75, 3.05) is 19.6 Å². The predicted molar refractivity (Wildman–Crippen MR) is 60.1 cm³/mol. The molecule has 0 aliphatic carbocycles. The molecule has 0 radical (unpaired) electrons. The molecule has 0 saturated heterocycles. The Kier molecular flexibility index (Phi) is 13.6. The largest absolute Gasteiger partial charge is 0.412 e. The predicted octanol–water partition coefficient (Wildman–Crippen LogP) is 2.25. The van der Waals surface area contributed by atoms with Crippen LogP contribution in [-0.4, -0.2) is 30.0 Å². The molecule has 0 aliphatic rings. The molecule has 2 N–H and O–H groups in total. The van der Waals surface area contributed by atoms with Crippen LogP contribution in [0.2, 0.25) is 0 Å². The highest BCUT2D eigenvalue weighted by Crippen LogP contribution is 1.98. The molecule has 0 atom stereocenters. The highest BCUT2D eigenvalue weighted by Gasteiger charge is 1.99. The quantitative estimate of drug-likeness (QED) is 0.537. The summed E-state index contributed by atoms with van der Waals surface area (Å²) in [4.78, 5) is 2.49. The summed E-state index contributed by atoms with van der Waals surface area (Å²) in [7, 11) is 0. The Morgan fingerprint density at radius 1 is 1.08 bits per heavy atom. The second-order valence-electron chi connectivity index (χ2n) is 3.30.